The minimum atomic E-state index is 0.148. The van der Waals surface area contributed by atoms with Gasteiger partial charge in [0.15, 0.2) is 0 Å². The molecular formula is C17H17Cl2N. The van der Waals surface area contributed by atoms with Gasteiger partial charge < -0.3 is 5.32 Å². The van der Waals surface area contributed by atoms with Gasteiger partial charge in [-0.2, -0.15) is 0 Å². The topological polar surface area (TPSA) is 12.0 Å². The van der Waals surface area contributed by atoms with Crippen molar-refractivity contribution in [2.75, 3.05) is 5.32 Å². The zero-order chi connectivity index (χ0) is 14.3. The summed E-state index contributed by atoms with van der Waals surface area (Å²) in [7, 11) is 0. The smallest absolute Gasteiger partial charge is 0.0823 e. The van der Waals surface area contributed by atoms with Crippen molar-refractivity contribution in [1.29, 1.82) is 0 Å². The maximum Gasteiger partial charge on any atom is 0.0823 e. The number of benzene rings is 2. The lowest BCUT2D eigenvalue weighted by Gasteiger charge is -2.30. The third-order valence-corrected chi connectivity index (χ3v) is 4.86. The van der Waals surface area contributed by atoms with E-state index in [-0.39, 0.29) is 11.5 Å². The summed E-state index contributed by atoms with van der Waals surface area (Å²) in [6, 6.07) is 14.5. The molecule has 3 heteroatoms. The molecule has 2 aromatic carbocycles. The molecule has 104 valence electrons. The van der Waals surface area contributed by atoms with Gasteiger partial charge in [-0.25, -0.2) is 0 Å². The summed E-state index contributed by atoms with van der Waals surface area (Å²) < 4.78 is 0. The third-order valence-electron chi connectivity index (χ3n) is 4.05. The highest BCUT2D eigenvalue weighted by Crippen LogP contribution is 2.47. The summed E-state index contributed by atoms with van der Waals surface area (Å²) in [4.78, 5) is 0. The Morgan fingerprint density at radius 3 is 2.60 bits per heavy atom. The van der Waals surface area contributed by atoms with Crippen molar-refractivity contribution in [3.63, 3.8) is 0 Å². The zero-order valence-electron chi connectivity index (χ0n) is 11.6. The van der Waals surface area contributed by atoms with E-state index in [1.165, 1.54) is 11.1 Å². The lowest BCUT2D eigenvalue weighted by molar-refractivity contribution is 0.337. The second-order valence-corrected chi connectivity index (χ2v) is 6.83. The van der Waals surface area contributed by atoms with E-state index in [2.05, 4.69) is 43.4 Å². The van der Waals surface area contributed by atoms with Gasteiger partial charge in [-0.05, 0) is 35.1 Å². The summed E-state index contributed by atoms with van der Waals surface area (Å²) in [5, 5.41) is 4.76. The Labute approximate surface area is 129 Å². The summed E-state index contributed by atoms with van der Waals surface area (Å²) in [6.45, 7) is 4.56. The Morgan fingerprint density at radius 1 is 1.05 bits per heavy atom. The Balaban J connectivity index is 1.99. The molecule has 2 aromatic rings. The average Bonchev–Trinajstić information content (AvgIpc) is 2.66. The van der Waals surface area contributed by atoms with Gasteiger partial charge in [-0.15, -0.1) is 0 Å². The van der Waals surface area contributed by atoms with Crippen LogP contribution in [0.25, 0.3) is 0 Å². The lowest BCUT2D eigenvalue weighted by Crippen LogP contribution is -2.24. The van der Waals surface area contributed by atoms with Crippen LogP contribution in [0.4, 0.5) is 5.69 Å². The molecule has 1 unspecified atom stereocenters. The SMILES string of the molecule is CC1(C)Cc2ccccc2C1Nc1cccc(Cl)c1Cl. The van der Waals surface area contributed by atoms with E-state index in [0.29, 0.717) is 10.0 Å². The summed E-state index contributed by atoms with van der Waals surface area (Å²) in [5.74, 6) is 0. The van der Waals surface area contributed by atoms with Gasteiger partial charge in [0.2, 0.25) is 0 Å². The second kappa shape index (κ2) is 4.98. The lowest BCUT2D eigenvalue weighted by atomic mass is 9.85. The maximum atomic E-state index is 6.30. The van der Waals surface area contributed by atoms with Crippen LogP contribution >= 0.6 is 23.2 Å². The van der Waals surface area contributed by atoms with Crippen molar-refractivity contribution in [3.05, 3.63) is 63.6 Å². The largest absolute Gasteiger partial charge is 0.376 e. The van der Waals surface area contributed by atoms with Crippen LogP contribution < -0.4 is 5.32 Å². The molecule has 1 atom stereocenters. The Kier molecular flexibility index (Phi) is 3.43. The fourth-order valence-corrected chi connectivity index (χ4v) is 3.39. The highest BCUT2D eigenvalue weighted by molar-refractivity contribution is 6.43. The maximum absolute atomic E-state index is 6.30. The van der Waals surface area contributed by atoms with Gasteiger partial charge in [0.25, 0.3) is 0 Å². The van der Waals surface area contributed by atoms with Gasteiger partial charge in [-0.1, -0.05) is 67.4 Å². The molecule has 1 N–H and O–H groups in total. The molecule has 0 fully saturated rings. The molecule has 0 amide bonds. The molecule has 1 aliphatic rings. The second-order valence-electron chi connectivity index (χ2n) is 6.04. The summed E-state index contributed by atoms with van der Waals surface area (Å²) in [5.41, 5.74) is 3.81. The van der Waals surface area contributed by atoms with Gasteiger partial charge in [0.1, 0.15) is 0 Å². The Bertz CT molecular complexity index is 649. The van der Waals surface area contributed by atoms with Crippen LogP contribution in [0, 0.1) is 5.41 Å². The van der Waals surface area contributed by atoms with Crippen LogP contribution in [0.5, 0.6) is 0 Å². The highest BCUT2D eigenvalue weighted by atomic mass is 35.5. The number of fused-ring (bicyclic) bond motifs is 1. The van der Waals surface area contributed by atoms with Crippen LogP contribution in [0.2, 0.25) is 10.0 Å². The van der Waals surface area contributed by atoms with E-state index < -0.39 is 0 Å². The first kappa shape index (κ1) is 13.8. The normalized spacial score (nSPS) is 19.7. The zero-order valence-corrected chi connectivity index (χ0v) is 13.1. The van der Waals surface area contributed by atoms with Crippen LogP contribution in [0.3, 0.4) is 0 Å². The molecule has 0 aliphatic heterocycles. The van der Waals surface area contributed by atoms with E-state index in [0.717, 1.165) is 12.1 Å². The molecule has 3 rings (SSSR count). The number of hydrogen-bond acceptors (Lipinski definition) is 1. The number of rotatable bonds is 2. The van der Waals surface area contributed by atoms with E-state index in [1.807, 2.05) is 18.2 Å². The third kappa shape index (κ3) is 2.30. The highest BCUT2D eigenvalue weighted by Gasteiger charge is 2.38. The fraction of sp³-hybridized carbons (Fsp3) is 0.294. The first-order valence-electron chi connectivity index (χ1n) is 6.77. The van der Waals surface area contributed by atoms with E-state index in [9.17, 15) is 0 Å². The standard InChI is InChI=1S/C17H17Cl2N/c1-17(2)10-11-6-3-4-7-12(11)16(17)20-14-9-5-8-13(18)15(14)19/h3-9,16,20H,10H2,1-2H3. The minimum absolute atomic E-state index is 0.148. The molecule has 0 saturated heterocycles. The molecule has 0 heterocycles. The molecule has 0 aromatic heterocycles. The van der Waals surface area contributed by atoms with Crippen molar-refractivity contribution in [3.8, 4) is 0 Å². The van der Waals surface area contributed by atoms with Crippen LogP contribution in [0.15, 0.2) is 42.5 Å². The molecule has 20 heavy (non-hydrogen) atoms. The van der Waals surface area contributed by atoms with E-state index in [1.54, 1.807) is 0 Å². The van der Waals surface area contributed by atoms with Gasteiger partial charge in [-0.3, -0.25) is 0 Å². The molecule has 1 aliphatic carbocycles. The number of halogens is 2. The van der Waals surface area contributed by atoms with Crippen LogP contribution in [-0.4, -0.2) is 0 Å². The predicted octanol–water partition coefficient (Wildman–Crippen LogP) is 5.73. The summed E-state index contributed by atoms with van der Waals surface area (Å²) >= 11 is 12.4. The molecule has 0 saturated carbocycles. The summed E-state index contributed by atoms with van der Waals surface area (Å²) in [6.07, 6.45) is 1.07. The van der Waals surface area contributed by atoms with Crippen molar-refractivity contribution >= 4 is 28.9 Å². The van der Waals surface area contributed by atoms with E-state index >= 15 is 0 Å². The fourth-order valence-electron chi connectivity index (χ4n) is 3.03. The van der Waals surface area contributed by atoms with Crippen LogP contribution in [0.1, 0.15) is 31.0 Å². The van der Waals surface area contributed by atoms with E-state index in [4.69, 9.17) is 23.2 Å². The Hall–Kier alpha value is -1.18. The van der Waals surface area contributed by atoms with Gasteiger partial charge >= 0.3 is 0 Å². The molecular weight excluding hydrogens is 289 g/mol. The van der Waals surface area contributed by atoms with Crippen molar-refractivity contribution in [2.45, 2.75) is 26.3 Å². The van der Waals surface area contributed by atoms with Crippen molar-refractivity contribution in [2.24, 2.45) is 5.41 Å². The van der Waals surface area contributed by atoms with Gasteiger partial charge in [0, 0.05) is 0 Å². The first-order valence-corrected chi connectivity index (χ1v) is 7.53. The van der Waals surface area contributed by atoms with Crippen LogP contribution in [-0.2, 0) is 6.42 Å². The predicted molar refractivity (Wildman–Crippen MR) is 86.8 cm³/mol. The molecule has 0 spiro atoms. The first-order chi connectivity index (χ1) is 9.49. The minimum Gasteiger partial charge on any atom is -0.376 e. The van der Waals surface area contributed by atoms with Crippen molar-refractivity contribution in [1.82, 2.24) is 0 Å². The quantitative estimate of drug-likeness (QED) is 0.747. The number of nitrogens with one attached hydrogen (secondary N) is 1. The Morgan fingerprint density at radius 2 is 1.80 bits per heavy atom. The average molecular weight is 306 g/mol. The molecule has 0 radical (unpaired) electrons. The monoisotopic (exact) mass is 305 g/mol. The number of hydrogen-bond donors (Lipinski definition) is 1. The van der Waals surface area contributed by atoms with Crippen molar-refractivity contribution < 1.29 is 0 Å². The van der Waals surface area contributed by atoms with Gasteiger partial charge in [0.05, 0.1) is 21.8 Å². The number of anilines is 1. The molecule has 0 bridgehead atoms. The molecule has 1 nitrogen and oxygen atoms in total.